The second-order valence-corrected chi connectivity index (χ2v) is 4.80. The van der Waals surface area contributed by atoms with Crippen LogP contribution in [-0.4, -0.2) is 16.2 Å². The highest BCUT2D eigenvalue weighted by molar-refractivity contribution is 5.89. The van der Waals surface area contributed by atoms with Gasteiger partial charge in [0.1, 0.15) is 5.75 Å². The molecule has 0 amide bonds. The number of rotatable bonds is 4. The fourth-order valence-corrected chi connectivity index (χ4v) is 2.02. The van der Waals surface area contributed by atoms with Crippen molar-refractivity contribution in [2.75, 3.05) is 5.32 Å². The largest absolute Gasteiger partial charge is 0.508 e. The van der Waals surface area contributed by atoms with E-state index in [4.69, 9.17) is 5.11 Å². The predicted octanol–water partition coefficient (Wildman–Crippen LogP) is 3.57. The third-order valence-electron chi connectivity index (χ3n) is 3.23. The summed E-state index contributed by atoms with van der Waals surface area (Å²) in [5.41, 5.74) is 2.94. The van der Waals surface area contributed by atoms with Crippen LogP contribution >= 0.6 is 0 Å². The van der Waals surface area contributed by atoms with Crippen molar-refractivity contribution in [3.63, 3.8) is 0 Å². The van der Waals surface area contributed by atoms with E-state index in [1.165, 1.54) is 0 Å². The van der Waals surface area contributed by atoms with Crippen LogP contribution in [0.3, 0.4) is 0 Å². The molecule has 0 aliphatic carbocycles. The zero-order valence-electron chi connectivity index (χ0n) is 11.4. The van der Waals surface area contributed by atoms with Gasteiger partial charge in [0.2, 0.25) is 0 Å². The standard InChI is InChI=1S/C16H17NO3/c1-10-6-7-13(16(19)20)9-15(10)17-11(2)12-4-3-5-14(18)8-12/h3-9,11,17-18H,1-2H3,(H,19,20). The van der Waals surface area contributed by atoms with Gasteiger partial charge in [0.15, 0.2) is 0 Å². The minimum Gasteiger partial charge on any atom is -0.508 e. The van der Waals surface area contributed by atoms with Crippen molar-refractivity contribution in [1.82, 2.24) is 0 Å². The molecule has 4 nitrogen and oxygen atoms in total. The number of aryl methyl sites for hydroxylation is 1. The van der Waals surface area contributed by atoms with Crippen molar-refractivity contribution < 1.29 is 15.0 Å². The lowest BCUT2D eigenvalue weighted by atomic mass is 10.1. The highest BCUT2D eigenvalue weighted by Crippen LogP contribution is 2.25. The van der Waals surface area contributed by atoms with Gasteiger partial charge >= 0.3 is 5.97 Å². The number of carboxylic acid groups (broad SMARTS) is 1. The van der Waals surface area contributed by atoms with Crippen LogP contribution in [0.25, 0.3) is 0 Å². The van der Waals surface area contributed by atoms with E-state index in [-0.39, 0.29) is 17.4 Å². The number of carboxylic acids is 1. The third-order valence-corrected chi connectivity index (χ3v) is 3.23. The molecule has 1 unspecified atom stereocenters. The first-order valence-electron chi connectivity index (χ1n) is 6.37. The van der Waals surface area contributed by atoms with Crippen LogP contribution in [0, 0.1) is 6.92 Å². The lowest BCUT2D eigenvalue weighted by molar-refractivity contribution is 0.0697. The molecular formula is C16H17NO3. The molecule has 0 bridgehead atoms. The van der Waals surface area contributed by atoms with Crippen molar-refractivity contribution in [2.24, 2.45) is 0 Å². The summed E-state index contributed by atoms with van der Waals surface area (Å²) in [5.74, 6) is -0.731. The topological polar surface area (TPSA) is 69.6 Å². The Bertz CT molecular complexity index is 637. The Balaban J connectivity index is 2.25. The molecule has 0 spiro atoms. The molecule has 0 saturated heterocycles. The highest BCUT2D eigenvalue weighted by Gasteiger charge is 2.10. The van der Waals surface area contributed by atoms with E-state index in [1.54, 1.807) is 36.4 Å². The van der Waals surface area contributed by atoms with Crippen molar-refractivity contribution in [2.45, 2.75) is 19.9 Å². The molecule has 2 aromatic carbocycles. The maximum absolute atomic E-state index is 11.0. The Morgan fingerprint density at radius 1 is 1.20 bits per heavy atom. The van der Waals surface area contributed by atoms with Gasteiger partial charge in [-0.2, -0.15) is 0 Å². The number of phenolic OH excluding ortho intramolecular Hbond substituents is 1. The molecule has 3 N–H and O–H groups in total. The molecule has 0 aromatic heterocycles. The molecular weight excluding hydrogens is 254 g/mol. The Hall–Kier alpha value is -2.49. The summed E-state index contributed by atoms with van der Waals surface area (Å²) >= 11 is 0. The second-order valence-electron chi connectivity index (χ2n) is 4.80. The van der Waals surface area contributed by atoms with Crippen molar-refractivity contribution >= 4 is 11.7 Å². The van der Waals surface area contributed by atoms with Gasteiger partial charge in [0, 0.05) is 11.7 Å². The smallest absolute Gasteiger partial charge is 0.335 e. The summed E-state index contributed by atoms with van der Waals surface area (Å²) in [4.78, 5) is 11.0. The van der Waals surface area contributed by atoms with E-state index in [0.29, 0.717) is 0 Å². The number of aromatic hydroxyl groups is 1. The first kappa shape index (κ1) is 13.9. The number of hydrogen-bond acceptors (Lipinski definition) is 3. The first-order valence-corrected chi connectivity index (χ1v) is 6.37. The highest BCUT2D eigenvalue weighted by atomic mass is 16.4. The number of anilines is 1. The monoisotopic (exact) mass is 271 g/mol. The summed E-state index contributed by atoms with van der Waals surface area (Å²) in [6.07, 6.45) is 0. The van der Waals surface area contributed by atoms with E-state index in [1.807, 2.05) is 19.9 Å². The van der Waals surface area contributed by atoms with Crippen LogP contribution in [-0.2, 0) is 0 Å². The molecule has 2 aromatic rings. The molecule has 0 aliphatic rings. The van der Waals surface area contributed by atoms with Crippen molar-refractivity contribution in [3.05, 3.63) is 59.2 Å². The van der Waals surface area contributed by atoms with Gasteiger partial charge in [-0.25, -0.2) is 4.79 Å². The summed E-state index contributed by atoms with van der Waals surface area (Å²) in [6, 6.07) is 11.9. The number of nitrogens with one attached hydrogen (secondary N) is 1. The molecule has 0 fully saturated rings. The Kier molecular flexibility index (Phi) is 3.94. The predicted molar refractivity (Wildman–Crippen MR) is 78.3 cm³/mol. The summed E-state index contributed by atoms with van der Waals surface area (Å²) in [7, 11) is 0. The minimum atomic E-state index is -0.946. The maximum Gasteiger partial charge on any atom is 0.335 e. The molecule has 1 atom stereocenters. The van der Waals surface area contributed by atoms with Gasteiger partial charge in [-0.3, -0.25) is 0 Å². The number of carbonyl (C=O) groups is 1. The van der Waals surface area contributed by atoms with Crippen LogP contribution < -0.4 is 5.32 Å². The molecule has 0 heterocycles. The lowest BCUT2D eigenvalue weighted by Gasteiger charge is -2.18. The zero-order valence-corrected chi connectivity index (χ0v) is 11.4. The van der Waals surface area contributed by atoms with E-state index >= 15 is 0 Å². The van der Waals surface area contributed by atoms with Crippen LogP contribution in [0.15, 0.2) is 42.5 Å². The van der Waals surface area contributed by atoms with E-state index in [0.717, 1.165) is 16.8 Å². The van der Waals surface area contributed by atoms with E-state index in [9.17, 15) is 9.90 Å². The normalized spacial score (nSPS) is 11.9. The number of phenols is 1. The third kappa shape index (κ3) is 3.09. The molecule has 104 valence electrons. The van der Waals surface area contributed by atoms with Gasteiger partial charge < -0.3 is 15.5 Å². The lowest BCUT2D eigenvalue weighted by Crippen LogP contribution is -2.08. The number of hydrogen-bond donors (Lipinski definition) is 3. The Morgan fingerprint density at radius 3 is 2.60 bits per heavy atom. The molecule has 0 saturated carbocycles. The van der Waals surface area contributed by atoms with E-state index < -0.39 is 5.97 Å². The van der Waals surface area contributed by atoms with Gasteiger partial charge in [-0.1, -0.05) is 18.2 Å². The molecule has 2 rings (SSSR count). The fourth-order valence-electron chi connectivity index (χ4n) is 2.02. The minimum absolute atomic E-state index is 0.0372. The molecule has 0 aliphatic heterocycles. The molecule has 4 heteroatoms. The van der Waals surface area contributed by atoms with Crippen LogP contribution in [0.5, 0.6) is 5.75 Å². The van der Waals surface area contributed by atoms with Crippen LogP contribution in [0.1, 0.15) is 34.5 Å². The average molecular weight is 271 g/mol. The van der Waals surface area contributed by atoms with Gasteiger partial charge in [-0.15, -0.1) is 0 Å². The van der Waals surface area contributed by atoms with Gasteiger partial charge in [-0.05, 0) is 49.2 Å². The number of aromatic carboxylic acids is 1. The Labute approximate surface area is 117 Å². The van der Waals surface area contributed by atoms with Gasteiger partial charge in [0.05, 0.1) is 5.56 Å². The zero-order chi connectivity index (χ0) is 14.7. The first-order chi connectivity index (χ1) is 9.47. The molecule has 20 heavy (non-hydrogen) atoms. The van der Waals surface area contributed by atoms with Crippen LogP contribution in [0.4, 0.5) is 5.69 Å². The molecule has 0 radical (unpaired) electrons. The number of benzene rings is 2. The average Bonchev–Trinajstić information content (AvgIpc) is 2.41. The quantitative estimate of drug-likeness (QED) is 0.795. The van der Waals surface area contributed by atoms with Gasteiger partial charge in [0.25, 0.3) is 0 Å². The second kappa shape index (κ2) is 5.65. The SMILES string of the molecule is Cc1ccc(C(=O)O)cc1NC(C)c1cccc(O)c1. The van der Waals surface area contributed by atoms with Crippen molar-refractivity contribution in [3.8, 4) is 5.75 Å². The summed E-state index contributed by atoms with van der Waals surface area (Å²) in [6.45, 7) is 3.88. The van der Waals surface area contributed by atoms with E-state index in [2.05, 4.69) is 5.32 Å². The Morgan fingerprint density at radius 2 is 1.95 bits per heavy atom. The fraction of sp³-hybridized carbons (Fsp3) is 0.188. The summed E-state index contributed by atoms with van der Waals surface area (Å²) in [5, 5.41) is 21.8. The maximum atomic E-state index is 11.0. The summed E-state index contributed by atoms with van der Waals surface area (Å²) < 4.78 is 0. The van der Waals surface area contributed by atoms with Crippen molar-refractivity contribution in [1.29, 1.82) is 0 Å². The van der Waals surface area contributed by atoms with Crippen LogP contribution in [0.2, 0.25) is 0 Å².